The number of phenolic OH excluding ortho intramolecular Hbond substituents is 2. The summed E-state index contributed by atoms with van der Waals surface area (Å²) in [7, 11) is -4.46. The topological polar surface area (TPSA) is 132 Å². The quantitative estimate of drug-likeness (QED) is 0.471. The Morgan fingerprint density at radius 2 is 1.56 bits per heavy atom. The minimum atomic E-state index is -4.46. The first-order chi connectivity index (χ1) is 12.7. The molecule has 0 saturated carbocycles. The van der Waals surface area contributed by atoms with E-state index in [2.05, 4.69) is 0 Å². The van der Waals surface area contributed by atoms with Gasteiger partial charge in [-0.05, 0) is 58.7 Å². The number of aliphatic hydroxyl groups is 1. The highest BCUT2D eigenvalue weighted by Gasteiger charge is 2.18. The molecule has 7 nitrogen and oxygen atoms in total. The molecule has 0 bridgehead atoms. The second-order valence-electron chi connectivity index (χ2n) is 5.76. The first-order valence-electron chi connectivity index (χ1n) is 7.64. The van der Waals surface area contributed by atoms with Gasteiger partial charge in [0.2, 0.25) is 5.78 Å². The van der Waals surface area contributed by atoms with Crippen LogP contribution in [-0.4, -0.2) is 34.1 Å². The Kier molecular flexibility index (Phi) is 4.61. The van der Waals surface area contributed by atoms with Gasteiger partial charge in [-0.1, -0.05) is 24.3 Å². The first-order valence-corrected chi connectivity index (χ1v) is 9.08. The number of benzene rings is 2. The number of carbonyl (C=O) groups excluding carboxylic acids is 1. The van der Waals surface area contributed by atoms with Gasteiger partial charge in [-0.15, -0.1) is 0 Å². The zero-order valence-electron chi connectivity index (χ0n) is 13.7. The number of ketones is 1. The summed E-state index contributed by atoms with van der Waals surface area (Å²) < 4.78 is 32.2. The maximum atomic E-state index is 11.5. The van der Waals surface area contributed by atoms with E-state index < -0.39 is 27.4 Å². The Hall–Kier alpha value is -3.36. The summed E-state index contributed by atoms with van der Waals surface area (Å²) in [6.07, 6.45) is 3.79. The molecule has 2 aromatic carbocycles. The Morgan fingerprint density at radius 1 is 0.852 bits per heavy atom. The lowest BCUT2D eigenvalue weighted by atomic mass is 9.90. The van der Waals surface area contributed by atoms with E-state index >= 15 is 0 Å². The van der Waals surface area contributed by atoms with Crippen molar-refractivity contribution in [1.29, 1.82) is 0 Å². The van der Waals surface area contributed by atoms with Crippen LogP contribution in [0.2, 0.25) is 0 Å². The fourth-order valence-electron chi connectivity index (χ4n) is 2.66. The highest BCUT2D eigenvalue weighted by atomic mass is 32.2. The van der Waals surface area contributed by atoms with Gasteiger partial charge >= 0.3 is 0 Å². The van der Waals surface area contributed by atoms with Crippen molar-refractivity contribution in [2.24, 2.45) is 0 Å². The molecule has 138 valence electrons. The molecule has 0 saturated heterocycles. The van der Waals surface area contributed by atoms with Crippen LogP contribution < -0.4 is 0 Å². The molecule has 8 heteroatoms. The molecule has 27 heavy (non-hydrogen) atoms. The summed E-state index contributed by atoms with van der Waals surface area (Å²) in [5, 5.41) is 29.1. The number of phenols is 2. The third kappa shape index (κ3) is 3.76. The maximum Gasteiger partial charge on any atom is 0.294 e. The van der Waals surface area contributed by atoms with Gasteiger partial charge in [0.05, 0.1) is 4.90 Å². The minimum absolute atomic E-state index is 0.341. The summed E-state index contributed by atoms with van der Waals surface area (Å²) in [6, 6.07) is 9.40. The number of rotatable bonds is 3. The molecule has 0 fully saturated rings. The van der Waals surface area contributed by atoms with Gasteiger partial charge in [0.1, 0.15) is 0 Å². The van der Waals surface area contributed by atoms with Gasteiger partial charge in [-0.3, -0.25) is 9.35 Å². The number of carbonyl (C=O) groups is 1. The average molecular weight is 386 g/mol. The third-order valence-electron chi connectivity index (χ3n) is 3.93. The smallest absolute Gasteiger partial charge is 0.294 e. The predicted molar refractivity (Wildman–Crippen MR) is 96.9 cm³/mol. The fourth-order valence-corrected chi connectivity index (χ4v) is 3.19. The van der Waals surface area contributed by atoms with E-state index in [-0.39, 0.29) is 10.6 Å². The summed E-state index contributed by atoms with van der Waals surface area (Å²) >= 11 is 0. The second kappa shape index (κ2) is 6.75. The van der Waals surface area contributed by atoms with Crippen LogP contribution in [-0.2, 0) is 14.9 Å². The van der Waals surface area contributed by atoms with E-state index in [1.807, 2.05) is 0 Å². The number of aliphatic hydroxyl groups excluding tert-OH is 1. The van der Waals surface area contributed by atoms with E-state index in [1.165, 1.54) is 48.6 Å². The lowest BCUT2D eigenvalue weighted by Gasteiger charge is -2.15. The van der Waals surface area contributed by atoms with E-state index in [0.717, 1.165) is 6.08 Å². The van der Waals surface area contributed by atoms with E-state index in [4.69, 9.17) is 0 Å². The Bertz CT molecular complexity index is 1140. The normalized spacial score (nSPS) is 16.2. The van der Waals surface area contributed by atoms with Crippen molar-refractivity contribution in [3.63, 3.8) is 0 Å². The van der Waals surface area contributed by atoms with Crippen LogP contribution in [0, 0.1) is 0 Å². The third-order valence-corrected chi connectivity index (χ3v) is 4.78. The summed E-state index contributed by atoms with van der Waals surface area (Å²) in [5.41, 5.74) is 1.46. The Balaban J connectivity index is 2.31. The van der Waals surface area contributed by atoms with Crippen molar-refractivity contribution in [2.45, 2.75) is 4.90 Å². The van der Waals surface area contributed by atoms with Crippen LogP contribution in [0.1, 0.15) is 11.1 Å². The van der Waals surface area contributed by atoms with Crippen molar-refractivity contribution < 1.29 is 33.1 Å². The van der Waals surface area contributed by atoms with Gasteiger partial charge in [0, 0.05) is 0 Å². The number of allylic oxidation sites excluding steroid dienone is 4. The van der Waals surface area contributed by atoms with Gasteiger partial charge in [0.25, 0.3) is 10.1 Å². The molecule has 0 radical (unpaired) electrons. The van der Waals surface area contributed by atoms with E-state index in [9.17, 15) is 33.1 Å². The number of hydrogen-bond donors (Lipinski definition) is 4. The van der Waals surface area contributed by atoms with Gasteiger partial charge in [-0.25, -0.2) is 0 Å². The molecule has 2 aromatic rings. The molecule has 3 rings (SSSR count). The first kappa shape index (κ1) is 18.4. The van der Waals surface area contributed by atoms with Crippen molar-refractivity contribution in [1.82, 2.24) is 0 Å². The molecule has 0 amide bonds. The Labute approximate surface area is 154 Å². The fraction of sp³-hybridized carbons (Fsp3) is 0. The lowest BCUT2D eigenvalue weighted by molar-refractivity contribution is -0.113. The van der Waals surface area contributed by atoms with Crippen LogP contribution in [0.5, 0.6) is 11.5 Å². The van der Waals surface area contributed by atoms with Gasteiger partial charge < -0.3 is 15.3 Å². The molecule has 0 aliphatic heterocycles. The molecular weight excluding hydrogens is 372 g/mol. The molecule has 1 aliphatic carbocycles. The molecule has 0 spiro atoms. The van der Waals surface area contributed by atoms with Crippen LogP contribution in [0.25, 0.3) is 5.57 Å². The molecule has 0 unspecified atom stereocenters. The van der Waals surface area contributed by atoms with Crippen molar-refractivity contribution >= 4 is 21.5 Å². The molecule has 0 aromatic heterocycles. The Morgan fingerprint density at radius 3 is 2.19 bits per heavy atom. The molecular formula is C19H14O7S. The number of hydrogen-bond acceptors (Lipinski definition) is 6. The van der Waals surface area contributed by atoms with Crippen molar-refractivity contribution in [2.75, 3.05) is 0 Å². The van der Waals surface area contributed by atoms with Crippen molar-refractivity contribution in [3.8, 4) is 11.5 Å². The standard InChI is InChI=1S/C19H14O7S/c20-15-6-4-12(9-17(15)22)19(13-5-7-16(21)18(23)10-13)11-2-1-3-14(8-11)27(24,25)26/h1-10,20,22-23H,(H,24,25,26)/b19-13-. The summed E-state index contributed by atoms with van der Waals surface area (Å²) in [6.45, 7) is 0. The van der Waals surface area contributed by atoms with Crippen LogP contribution in [0.4, 0.5) is 0 Å². The van der Waals surface area contributed by atoms with Crippen LogP contribution in [0.3, 0.4) is 0 Å². The van der Waals surface area contributed by atoms with Gasteiger partial charge in [-0.2, -0.15) is 8.42 Å². The molecule has 1 aliphatic rings. The lowest BCUT2D eigenvalue weighted by Crippen LogP contribution is -2.04. The average Bonchev–Trinajstić information content (AvgIpc) is 2.61. The highest BCUT2D eigenvalue weighted by molar-refractivity contribution is 7.85. The van der Waals surface area contributed by atoms with Crippen LogP contribution in [0.15, 0.2) is 76.9 Å². The monoisotopic (exact) mass is 386 g/mol. The largest absolute Gasteiger partial charge is 0.504 e. The second-order valence-corrected chi connectivity index (χ2v) is 7.19. The van der Waals surface area contributed by atoms with Crippen LogP contribution >= 0.6 is 0 Å². The number of aromatic hydroxyl groups is 2. The minimum Gasteiger partial charge on any atom is -0.504 e. The zero-order valence-corrected chi connectivity index (χ0v) is 14.5. The zero-order chi connectivity index (χ0) is 19.8. The SMILES string of the molecule is O=C1C=C/C(=C(\c2cccc(S(=O)(=O)O)c2)c2ccc(O)c(O)c2)C=C1O. The maximum absolute atomic E-state index is 11.5. The highest BCUT2D eigenvalue weighted by Crippen LogP contribution is 2.35. The summed E-state index contributed by atoms with van der Waals surface area (Å²) in [5.74, 6) is -1.83. The van der Waals surface area contributed by atoms with Crippen molar-refractivity contribution in [3.05, 3.63) is 83.2 Å². The summed E-state index contributed by atoms with van der Waals surface area (Å²) in [4.78, 5) is 11.2. The van der Waals surface area contributed by atoms with E-state index in [0.29, 0.717) is 22.3 Å². The van der Waals surface area contributed by atoms with E-state index in [1.54, 1.807) is 6.07 Å². The molecule has 0 heterocycles. The molecule has 0 atom stereocenters. The molecule has 4 N–H and O–H groups in total. The van der Waals surface area contributed by atoms with Gasteiger partial charge in [0.15, 0.2) is 17.3 Å². The predicted octanol–water partition coefficient (Wildman–Crippen LogP) is 2.73.